The molecule has 1 aliphatic carbocycles. The number of alkyl halides is 1. The van der Waals surface area contributed by atoms with Crippen LogP contribution in [0.4, 0.5) is 0 Å². The van der Waals surface area contributed by atoms with Gasteiger partial charge in [-0.25, -0.2) is 0 Å². The van der Waals surface area contributed by atoms with Crippen LogP contribution in [0.15, 0.2) is 0 Å². The topological polar surface area (TPSA) is 54.9 Å². The Labute approximate surface area is 120 Å². The maximum Gasteiger partial charge on any atom is 0.265 e. The van der Waals surface area contributed by atoms with Crippen LogP contribution in [0.25, 0.3) is 0 Å². The molecule has 0 saturated heterocycles. The van der Waals surface area contributed by atoms with Crippen molar-refractivity contribution in [3.05, 3.63) is 10.6 Å². The van der Waals surface area contributed by atoms with Crippen molar-refractivity contribution in [2.75, 3.05) is 5.33 Å². The highest BCUT2D eigenvalue weighted by Gasteiger charge is 2.36. The molecule has 2 atom stereocenters. The first kappa shape index (κ1) is 13.9. The van der Waals surface area contributed by atoms with Crippen LogP contribution in [0.2, 0.25) is 0 Å². The predicted molar refractivity (Wildman–Crippen MR) is 76.3 cm³/mol. The fourth-order valence-corrected chi connectivity index (χ4v) is 3.87. The van der Waals surface area contributed by atoms with Gasteiger partial charge in [-0.1, -0.05) is 40.2 Å². The van der Waals surface area contributed by atoms with Crippen molar-refractivity contribution in [3.63, 3.8) is 0 Å². The third-order valence-electron chi connectivity index (χ3n) is 3.58. The third kappa shape index (κ3) is 2.91. The number of aryl methyl sites for hydroxylation is 1. The van der Waals surface area contributed by atoms with Gasteiger partial charge >= 0.3 is 0 Å². The summed E-state index contributed by atoms with van der Waals surface area (Å²) in [6, 6.07) is 0. The summed E-state index contributed by atoms with van der Waals surface area (Å²) < 4.78 is 3.82. The van der Waals surface area contributed by atoms with Gasteiger partial charge in [-0.05, 0) is 37.2 Å². The molecule has 0 bridgehead atoms. The van der Waals surface area contributed by atoms with Gasteiger partial charge in [0.05, 0.1) is 11.2 Å². The molecule has 1 aromatic rings. The maximum absolute atomic E-state index is 12.3. The molecule has 0 spiro atoms. The SMILES string of the molecule is Cc1nnsc1C(=O)NC1(CBr)CCCC(C)C1. The first-order chi connectivity index (χ1) is 8.56. The second-order valence-electron chi connectivity index (χ2n) is 5.26. The van der Waals surface area contributed by atoms with Crippen LogP contribution < -0.4 is 5.32 Å². The minimum absolute atomic E-state index is 0.0314. The lowest BCUT2D eigenvalue weighted by molar-refractivity contribution is 0.0873. The number of hydrogen-bond acceptors (Lipinski definition) is 4. The zero-order chi connectivity index (χ0) is 13.2. The molecule has 1 aliphatic rings. The van der Waals surface area contributed by atoms with Crippen LogP contribution in [0.1, 0.15) is 48.0 Å². The Balaban J connectivity index is 2.11. The van der Waals surface area contributed by atoms with E-state index in [1.54, 1.807) is 0 Å². The van der Waals surface area contributed by atoms with Gasteiger partial charge in [0.2, 0.25) is 0 Å². The van der Waals surface area contributed by atoms with Crippen LogP contribution in [0.5, 0.6) is 0 Å². The van der Waals surface area contributed by atoms with Crippen molar-refractivity contribution in [2.45, 2.75) is 45.1 Å². The zero-order valence-corrected chi connectivity index (χ0v) is 13.1. The number of halogens is 1. The van der Waals surface area contributed by atoms with Crippen LogP contribution >= 0.6 is 27.5 Å². The summed E-state index contributed by atoms with van der Waals surface area (Å²) in [6.07, 6.45) is 4.51. The summed E-state index contributed by atoms with van der Waals surface area (Å²) in [4.78, 5) is 12.9. The summed E-state index contributed by atoms with van der Waals surface area (Å²) >= 11 is 4.73. The van der Waals surface area contributed by atoms with E-state index in [0.717, 1.165) is 18.2 Å². The van der Waals surface area contributed by atoms with E-state index in [-0.39, 0.29) is 11.4 Å². The smallest absolute Gasteiger partial charge is 0.265 e. The number of rotatable bonds is 3. The van der Waals surface area contributed by atoms with E-state index in [1.807, 2.05) is 6.92 Å². The van der Waals surface area contributed by atoms with E-state index in [0.29, 0.717) is 16.5 Å². The molecule has 4 nitrogen and oxygen atoms in total. The van der Waals surface area contributed by atoms with Crippen molar-refractivity contribution in [1.82, 2.24) is 14.9 Å². The van der Waals surface area contributed by atoms with Crippen molar-refractivity contribution >= 4 is 33.4 Å². The number of carbonyl (C=O) groups is 1. The van der Waals surface area contributed by atoms with Gasteiger partial charge in [0.1, 0.15) is 4.88 Å². The van der Waals surface area contributed by atoms with Gasteiger partial charge in [-0.3, -0.25) is 4.79 Å². The van der Waals surface area contributed by atoms with E-state index < -0.39 is 0 Å². The van der Waals surface area contributed by atoms with E-state index in [2.05, 4.69) is 37.8 Å². The van der Waals surface area contributed by atoms with Gasteiger partial charge in [-0.2, -0.15) is 0 Å². The van der Waals surface area contributed by atoms with Crippen molar-refractivity contribution < 1.29 is 4.79 Å². The van der Waals surface area contributed by atoms with E-state index in [9.17, 15) is 4.79 Å². The minimum atomic E-state index is -0.106. The molecule has 18 heavy (non-hydrogen) atoms. The minimum Gasteiger partial charge on any atom is -0.345 e. The number of nitrogens with one attached hydrogen (secondary N) is 1. The lowest BCUT2D eigenvalue weighted by atomic mass is 9.77. The van der Waals surface area contributed by atoms with Crippen LogP contribution in [-0.2, 0) is 0 Å². The molecule has 1 N–H and O–H groups in total. The summed E-state index contributed by atoms with van der Waals surface area (Å²) in [5.41, 5.74) is 0.608. The molecule has 1 aromatic heterocycles. The monoisotopic (exact) mass is 331 g/mol. The standard InChI is InChI=1S/C12H18BrN3OS/c1-8-4-3-5-12(6-8,7-13)14-11(17)10-9(2)15-16-18-10/h8H,3-7H2,1-2H3,(H,14,17). The molecule has 0 aliphatic heterocycles. The summed E-state index contributed by atoms with van der Waals surface area (Å²) in [6.45, 7) is 4.07. The fourth-order valence-electron chi connectivity index (χ4n) is 2.67. The number of nitrogens with zero attached hydrogens (tertiary/aromatic N) is 2. The maximum atomic E-state index is 12.3. The molecule has 0 radical (unpaired) electrons. The third-order valence-corrected chi connectivity index (χ3v) is 5.48. The lowest BCUT2D eigenvalue weighted by Gasteiger charge is -2.39. The normalized spacial score (nSPS) is 28.1. The summed E-state index contributed by atoms with van der Waals surface area (Å²) in [7, 11) is 0. The van der Waals surface area contributed by atoms with E-state index in [1.165, 1.54) is 24.4 Å². The highest BCUT2D eigenvalue weighted by molar-refractivity contribution is 9.09. The number of hydrogen-bond donors (Lipinski definition) is 1. The molecule has 2 rings (SSSR count). The van der Waals surface area contributed by atoms with Gasteiger partial charge in [-0.15, -0.1) is 5.10 Å². The average molecular weight is 332 g/mol. The molecular formula is C12H18BrN3OS. The fraction of sp³-hybridized carbons (Fsp3) is 0.750. The Bertz CT molecular complexity index is 437. The lowest BCUT2D eigenvalue weighted by Crippen LogP contribution is -2.52. The Morgan fingerprint density at radius 2 is 2.44 bits per heavy atom. The molecule has 100 valence electrons. The van der Waals surface area contributed by atoms with Crippen molar-refractivity contribution in [1.29, 1.82) is 0 Å². The Hall–Kier alpha value is -0.490. The Morgan fingerprint density at radius 3 is 3.00 bits per heavy atom. The highest BCUT2D eigenvalue weighted by Crippen LogP contribution is 2.34. The molecular weight excluding hydrogens is 314 g/mol. The molecule has 1 fully saturated rings. The number of amides is 1. The Kier molecular flexibility index (Phi) is 4.37. The summed E-state index contributed by atoms with van der Waals surface area (Å²) in [5.74, 6) is 0.633. The first-order valence-corrected chi connectivity index (χ1v) is 8.13. The largest absolute Gasteiger partial charge is 0.345 e. The van der Waals surface area contributed by atoms with Crippen molar-refractivity contribution in [2.24, 2.45) is 5.92 Å². The first-order valence-electron chi connectivity index (χ1n) is 6.24. The average Bonchev–Trinajstić information content (AvgIpc) is 2.75. The van der Waals surface area contributed by atoms with Crippen LogP contribution in [0, 0.1) is 12.8 Å². The molecule has 2 unspecified atom stereocenters. The molecule has 6 heteroatoms. The number of carbonyl (C=O) groups excluding carboxylic acids is 1. The van der Waals surface area contributed by atoms with Gasteiger partial charge in [0, 0.05) is 5.33 Å². The molecule has 1 amide bonds. The molecule has 1 heterocycles. The molecule has 1 saturated carbocycles. The van der Waals surface area contributed by atoms with E-state index >= 15 is 0 Å². The zero-order valence-electron chi connectivity index (χ0n) is 10.7. The van der Waals surface area contributed by atoms with Crippen LogP contribution in [-0.4, -0.2) is 26.4 Å². The second-order valence-corrected chi connectivity index (χ2v) is 6.57. The Morgan fingerprint density at radius 1 is 1.67 bits per heavy atom. The quantitative estimate of drug-likeness (QED) is 0.866. The summed E-state index contributed by atoms with van der Waals surface area (Å²) in [5, 5.41) is 7.90. The van der Waals surface area contributed by atoms with E-state index in [4.69, 9.17) is 0 Å². The highest BCUT2D eigenvalue weighted by atomic mass is 79.9. The van der Waals surface area contributed by atoms with Gasteiger partial charge in [0.15, 0.2) is 0 Å². The van der Waals surface area contributed by atoms with Crippen LogP contribution in [0.3, 0.4) is 0 Å². The van der Waals surface area contributed by atoms with Gasteiger partial charge < -0.3 is 5.32 Å². The second kappa shape index (κ2) is 5.65. The van der Waals surface area contributed by atoms with Crippen molar-refractivity contribution in [3.8, 4) is 0 Å². The van der Waals surface area contributed by atoms with Gasteiger partial charge in [0.25, 0.3) is 5.91 Å². The predicted octanol–water partition coefficient (Wildman–Crippen LogP) is 2.92. The number of aromatic nitrogens is 2. The molecule has 0 aromatic carbocycles.